The highest BCUT2D eigenvalue weighted by molar-refractivity contribution is 5.81. The molecule has 0 saturated heterocycles. The van der Waals surface area contributed by atoms with E-state index in [0.29, 0.717) is 12.2 Å². The topological polar surface area (TPSA) is 119 Å². The molecule has 0 spiro atoms. The number of aliphatic hydroxyl groups is 1. The maximum Gasteiger partial charge on any atom is 0.323 e. The molecule has 3 atom stereocenters. The lowest BCUT2D eigenvalue weighted by Crippen LogP contribution is -2.44. The monoisotopic (exact) mass is 442 g/mol. The molecule has 0 aliphatic carbocycles. The van der Waals surface area contributed by atoms with Crippen molar-refractivity contribution in [2.24, 2.45) is 7.05 Å². The number of imidazole rings is 1. The smallest absolute Gasteiger partial charge is 0.323 e. The van der Waals surface area contributed by atoms with Crippen LogP contribution in [-0.4, -0.2) is 56.2 Å². The first kappa shape index (κ1) is 23.6. The maximum absolute atomic E-state index is 12.2. The van der Waals surface area contributed by atoms with Crippen molar-refractivity contribution < 1.29 is 19.7 Å². The van der Waals surface area contributed by atoms with Gasteiger partial charge in [0, 0.05) is 38.0 Å². The summed E-state index contributed by atoms with van der Waals surface area (Å²) in [7, 11) is 3.36. The van der Waals surface area contributed by atoms with Crippen molar-refractivity contribution in [1.29, 1.82) is 0 Å². The third kappa shape index (κ3) is 4.74. The van der Waals surface area contributed by atoms with Gasteiger partial charge >= 0.3 is 5.97 Å². The van der Waals surface area contributed by atoms with Crippen LogP contribution in [0.4, 0.5) is 0 Å². The van der Waals surface area contributed by atoms with E-state index in [0.717, 1.165) is 28.0 Å². The van der Waals surface area contributed by atoms with Gasteiger partial charge in [0.1, 0.15) is 11.9 Å². The molecule has 3 N–H and O–H groups in total. The van der Waals surface area contributed by atoms with Crippen molar-refractivity contribution in [3.05, 3.63) is 51.9 Å². The molecule has 2 heterocycles. The number of nitrogens with one attached hydrogen (secondary N) is 1. The van der Waals surface area contributed by atoms with Crippen molar-refractivity contribution in [2.45, 2.75) is 45.5 Å². The Morgan fingerprint density at radius 1 is 1.28 bits per heavy atom. The van der Waals surface area contributed by atoms with E-state index in [1.165, 1.54) is 6.92 Å². The first-order chi connectivity index (χ1) is 15.1. The van der Waals surface area contributed by atoms with Crippen LogP contribution in [-0.2, 0) is 23.1 Å². The molecule has 0 bridgehead atoms. The Hall–Kier alpha value is -3.01. The first-order valence-corrected chi connectivity index (χ1v) is 10.5. The zero-order valence-electron chi connectivity index (χ0n) is 19.0. The third-order valence-electron chi connectivity index (χ3n) is 5.50. The molecule has 0 radical (unpaired) electrons. The number of nitrogens with zero attached hydrogens (tertiary/aromatic N) is 3. The predicted molar refractivity (Wildman–Crippen MR) is 122 cm³/mol. The van der Waals surface area contributed by atoms with Gasteiger partial charge in [0.15, 0.2) is 0 Å². The molecule has 1 aromatic carbocycles. The second-order valence-electron chi connectivity index (χ2n) is 8.20. The summed E-state index contributed by atoms with van der Waals surface area (Å²) in [6.45, 7) is 5.99. The van der Waals surface area contributed by atoms with Crippen molar-refractivity contribution >= 4 is 17.0 Å². The number of carboxylic acids is 1. The van der Waals surface area contributed by atoms with Gasteiger partial charge in [-0.05, 0) is 44.5 Å². The third-order valence-corrected chi connectivity index (χ3v) is 5.50. The molecule has 0 aliphatic rings. The molecule has 3 rings (SSSR count). The second-order valence-corrected chi connectivity index (χ2v) is 8.20. The number of ether oxygens (including phenoxy) is 1. The summed E-state index contributed by atoms with van der Waals surface area (Å²) in [4.78, 5) is 28.3. The van der Waals surface area contributed by atoms with Crippen LogP contribution in [0.3, 0.4) is 0 Å². The Bertz CT molecular complexity index is 1150. The van der Waals surface area contributed by atoms with Crippen LogP contribution in [0.25, 0.3) is 22.4 Å². The molecule has 3 aromatic rings. The number of rotatable bonds is 9. The van der Waals surface area contributed by atoms with Crippen molar-refractivity contribution in [3.8, 4) is 11.4 Å². The van der Waals surface area contributed by atoms with E-state index in [1.54, 1.807) is 31.8 Å². The van der Waals surface area contributed by atoms with E-state index in [1.807, 2.05) is 31.2 Å². The van der Waals surface area contributed by atoms with Crippen LogP contribution in [0.5, 0.6) is 0 Å². The molecule has 2 aromatic heterocycles. The number of methoxy groups -OCH3 is 1. The maximum atomic E-state index is 12.2. The van der Waals surface area contributed by atoms with Crippen LogP contribution in [0, 0.1) is 6.92 Å². The Morgan fingerprint density at radius 2 is 2.00 bits per heavy atom. The van der Waals surface area contributed by atoms with E-state index >= 15 is 0 Å². The van der Waals surface area contributed by atoms with E-state index in [-0.39, 0.29) is 18.1 Å². The predicted octanol–water partition coefficient (Wildman–Crippen LogP) is 1.84. The number of aliphatic carboxylic acids is 1. The molecule has 32 heavy (non-hydrogen) atoms. The molecule has 1 unspecified atom stereocenters. The van der Waals surface area contributed by atoms with Crippen molar-refractivity contribution in [3.63, 3.8) is 0 Å². The minimum Gasteiger partial charge on any atom is -0.480 e. The van der Waals surface area contributed by atoms with Crippen LogP contribution >= 0.6 is 0 Å². The van der Waals surface area contributed by atoms with E-state index in [9.17, 15) is 19.8 Å². The number of hydrogen-bond acceptors (Lipinski definition) is 6. The summed E-state index contributed by atoms with van der Waals surface area (Å²) < 4.78 is 9.01. The van der Waals surface area contributed by atoms with Crippen LogP contribution in [0.15, 0.2) is 35.3 Å². The average molecular weight is 443 g/mol. The highest BCUT2D eigenvalue weighted by atomic mass is 16.5. The fourth-order valence-electron chi connectivity index (χ4n) is 3.91. The second kappa shape index (κ2) is 9.64. The Kier molecular flexibility index (Phi) is 7.12. The molecule has 0 fully saturated rings. The van der Waals surface area contributed by atoms with Gasteiger partial charge in [0.2, 0.25) is 0 Å². The Morgan fingerprint density at radius 3 is 2.59 bits per heavy atom. The highest BCUT2D eigenvalue weighted by Crippen LogP contribution is 2.29. The average Bonchev–Trinajstić information content (AvgIpc) is 3.10. The first-order valence-electron chi connectivity index (χ1n) is 10.5. The number of carbonyl (C=O) groups is 1. The van der Waals surface area contributed by atoms with Gasteiger partial charge in [-0.25, -0.2) is 4.98 Å². The number of aromatic nitrogens is 3. The fourth-order valence-corrected chi connectivity index (χ4v) is 3.91. The Labute approximate surface area is 186 Å². The van der Waals surface area contributed by atoms with Crippen LogP contribution in [0.2, 0.25) is 0 Å². The highest BCUT2D eigenvalue weighted by Gasteiger charge is 2.23. The summed E-state index contributed by atoms with van der Waals surface area (Å²) >= 11 is 0. The number of hydrogen-bond donors (Lipinski definition) is 3. The van der Waals surface area contributed by atoms with Gasteiger partial charge in [-0.3, -0.25) is 14.9 Å². The fraction of sp³-hybridized carbons (Fsp3) is 0.435. The lowest BCUT2D eigenvalue weighted by atomic mass is 10.1. The molecular weight excluding hydrogens is 412 g/mol. The van der Waals surface area contributed by atoms with Gasteiger partial charge in [-0.2, -0.15) is 0 Å². The van der Waals surface area contributed by atoms with Gasteiger partial charge in [-0.1, -0.05) is 6.07 Å². The number of pyridine rings is 1. The molecule has 9 nitrogen and oxygen atoms in total. The molecular formula is C23H30N4O5. The zero-order valence-corrected chi connectivity index (χ0v) is 19.0. The molecule has 0 aliphatic heterocycles. The number of aryl methyl sites for hydroxylation is 2. The number of benzene rings is 1. The summed E-state index contributed by atoms with van der Waals surface area (Å²) in [5.74, 6) is -0.382. The van der Waals surface area contributed by atoms with Gasteiger partial charge in [0.05, 0.1) is 29.8 Å². The summed E-state index contributed by atoms with van der Waals surface area (Å²) in [6, 6.07) is 6.46. The minimum absolute atomic E-state index is 0.0371. The zero-order chi connectivity index (χ0) is 23.6. The van der Waals surface area contributed by atoms with E-state index in [4.69, 9.17) is 9.72 Å². The van der Waals surface area contributed by atoms with Crippen LogP contribution < -0.4 is 10.9 Å². The standard InChI is InChI=1S/C23H30N4O5/c1-13-8-17(11-26(4)22(13)29)21-25-18-7-6-16(10-24-20(15(3)28)23(30)31)9-19(18)27(21)14(2)12-32-5/h6-9,11,14-15,20,24,28H,10,12H2,1-5H3,(H,30,31)/t14?,15-,20+/m1/s1. The summed E-state index contributed by atoms with van der Waals surface area (Å²) in [5.41, 5.74) is 3.91. The number of aliphatic hydroxyl groups excluding tert-OH is 1. The lowest BCUT2D eigenvalue weighted by Gasteiger charge is -2.19. The molecule has 0 amide bonds. The summed E-state index contributed by atoms with van der Waals surface area (Å²) in [5, 5.41) is 21.9. The lowest BCUT2D eigenvalue weighted by molar-refractivity contribution is -0.142. The van der Waals surface area contributed by atoms with Gasteiger partial charge in [-0.15, -0.1) is 0 Å². The molecule has 172 valence electrons. The SMILES string of the molecule is COCC(C)n1c(-c2cc(C)c(=O)n(C)c2)nc2ccc(CN[C@H](C(=O)O)[C@@H](C)O)cc21. The van der Waals surface area contributed by atoms with E-state index < -0.39 is 18.1 Å². The minimum atomic E-state index is -1.10. The largest absolute Gasteiger partial charge is 0.480 e. The number of fused-ring (bicyclic) bond motifs is 1. The summed E-state index contributed by atoms with van der Waals surface area (Å²) in [6.07, 6.45) is 0.748. The van der Waals surface area contributed by atoms with Gasteiger partial charge < -0.3 is 24.1 Å². The van der Waals surface area contributed by atoms with E-state index in [2.05, 4.69) is 9.88 Å². The Balaban J connectivity index is 2.09. The molecule has 9 heteroatoms. The van der Waals surface area contributed by atoms with Crippen molar-refractivity contribution in [2.75, 3.05) is 13.7 Å². The number of carboxylic acid groups (broad SMARTS) is 1. The van der Waals surface area contributed by atoms with Crippen molar-refractivity contribution in [1.82, 2.24) is 19.4 Å². The molecule has 0 saturated carbocycles. The normalized spacial score (nSPS) is 14.4. The quantitative estimate of drug-likeness (QED) is 0.463. The van der Waals surface area contributed by atoms with Gasteiger partial charge in [0.25, 0.3) is 5.56 Å². The van der Waals surface area contributed by atoms with Crippen LogP contribution in [0.1, 0.15) is 31.0 Å².